The smallest absolute Gasteiger partial charge is 0.328 e. The summed E-state index contributed by atoms with van der Waals surface area (Å²) in [6, 6.07) is 4.38. The molecule has 6 heteroatoms. The lowest BCUT2D eigenvalue weighted by Crippen LogP contribution is -2.60. The fourth-order valence-electron chi connectivity index (χ4n) is 3.13. The molecule has 0 spiro atoms. The van der Waals surface area contributed by atoms with Crippen LogP contribution < -0.4 is 10.2 Å². The highest BCUT2D eigenvalue weighted by molar-refractivity contribution is 6.42. The van der Waals surface area contributed by atoms with Crippen LogP contribution in [-0.2, 0) is 4.79 Å². The molecule has 21 heavy (non-hydrogen) atoms. The Morgan fingerprint density at radius 1 is 1.05 bits per heavy atom. The number of hydrogen-bond acceptors (Lipinski definition) is 2. The van der Waals surface area contributed by atoms with Gasteiger partial charge < -0.3 is 5.32 Å². The molecular formula is C15H16Cl2N2O2. The average molecular weight is 327 g/mol. The number of halogens is 2. The first-order valence-electron chi connectivity index (χ1n) is 7.17. The summed E-state index contributed by atoms with van der Waals surface area (Å²) in [6.45, 7) is 0. The normalized spacial score (nSPS) is 26.1. The van der Waals surface area contributed by atoms with Gasteiger partial charge in [-0.25, -0.2) is 9.69 Å². The lowest BCUT2D eigenvalue weighted by molar-refractivity contribution is -0.123. The summed E-state index contributed by atoms with van der Waals surface area (Å²) in [5, 5.41) is 3.69. The second kappa shape index (κ2) is 5.85. The predicted molar refractivity (Wildman–Crippen MR) is 82.8 cm³/mol. The molecule has 1 aliphatic heterocycles. The quantitative estimate of drug-likeness (QED) is 0.847. The number of fused-ring (bicyclic) bond motifs is 1. The lowest BCUT2D eigenvalue weighted by atomic mass is 9.91. The molecule has 1 aromatic rings. The Hall–Kier alpha value is -1.26. The van der Waals surface area contributed by atoms with E-state index in [0.29, 0.717) is 15.7 Å². The highest BCUT2D eigenvalue weighted by Gasteiger charge is 2.41. The zero-order valence-electron chi connectivity index (χ0n) is 11.4. The summed E-state index contributed by atoms with van der Waals surface area (Å²) < 4.78 is 0. The monoisotopic (exact) mass is 326 g/mol. The van der Waals surface area contributed by atoms with Gasteiger partial charge in [-0.3, -0.25) is 4.79 Å². The third-order valence-corrected chi connectivity index (χ3v) is 4.97. The summed E-state index contributed by atoms with van der Waals surface area (Å²) in [5.74, 6) is -0.274. The fourth-order valence-corrected chi connectivity index (χ4v) is 3.43. The van der Waals surface area contributed by atoms with Crippen LogP contribution in [0.25, 0.3) is 0 Å². The number of imide groups is 1. The Morgan fingerprint density at radius 3 is 2.57 bits per heavy atom. The van der Waals surface area contributed by atoms with E-state index in [0.717, 1.165) is 32.1 Å². The van der Waals surface area contributed by atoms with Gasteiger partial charge in [0.1, 0.15) is 0 Å². The standard InChI is InChI=1S/C15H16Cl2N2O2/c16-11-7-6-9(8-12(11)17)19-14(20)10-4-2-1-3-5-13(10)18-15(19)21/h6-8,10,13H,1-5H2,(H,18,21). The topological polar surface area (TPSA) is 49.4 Å². The van der Waals surface area contributed by atoms with Crippen LogP contribution in [0.3, 0.4) is 0 Å². The SMILES string of the molecule is O=C1NC2CCCCCC2C(=O)N1c1ccc(Cl)c(Cl)c1. The minimum atomic E-state index is -0.374. The molecule has 1 aliphatic carbocycles. The van der Waals surface area contributed by atoms with Gasteiger partial charge >= 0.3 is 6.03 Å². The van der Waals surface area contributed by atoms with E-state index in [1.807, 2.05) is 0 Å². The minimum absolute atomic E-state index is 0.0356. The van der Waals surface area contributed by atoms with E-state index in [4.69, 9.17) is 23.2 Å². The van der Waals surface area contributed by atoms with Crippen LogP contribution >= 0.6 is 23.2 Å². The van der Waals surface area contributed by atoms with Crippen molar-refractivity contribution in [1.82, 2.24) is 5.32 Å². The lowest BCUT2D eigenvalue weighted by Gasteiger charge is -2.36. The van der Waals surface area contributed by atoms with Crippen molar-refractivity contribution >= 4 is 40.8 Å². The molecule has 1 N–H and O–H groups in total. The van der Waals surface area contributed by atoms with E-state index in [2.05, 4.69) is 5.32 Å². The van der Waals surface area contributed by atoms with Crippen LogP contribution in [0.1, 0.15) is 32.1 Å². The highest BCUT2D eigenvalue weighted by atomic mass is 35.5. The van der Waals surface area contributed by atoms with Crippen molar-refractivity contribution in [3.63, 3.8) is 0 Å². The highest BCUT2D eigenvalue weighted by Crippen LogP contribution is 2.33. The Bertz CT molecular complexity index is 591. The van der Waals surface area contributed by atoms with Gasteiger partial charge in [0.15, 0.2) is 0 Å². The number of amides is 3. The molecule has 0 bridgehead atoms. The van der Waals surface area contributed by atoms with E-state index in [1.165, 1.54) is 4.90 Å². The largest absolute Gasteiger partial charge is 0.334 e. The molecule has 4 nitrogen and oxygen atoms in total. The summed E-state index contributed by atoms with van der Waals surface area (Å²) in [5.41, 5.74) is 0.467. The Morgan fingerprint density at radius 2 is 1.81 bits per heavy atom. The first kappa shape index (κ1) is 14.7. The third-order valence-electron chi connectivity index (χ3n) is 4.23. The fraction of sp³-hybridized carbons (Fsp3) is 0.467. The average Bonchev–Trinajstić information content (AvgIpc) is 2.68. The second-order valence-electron chi connectivity index (χ2n) is 5.57. The minimum Gasteiger partial charge on any atom is -0.334 e. The van der Waals surface area contributed by atoms with Crippen molar-refractivity contribution < 1.29 is 9.59 Å². The van der Waals surface area contributed by atoms with Gasteiger partial charge in [-0.2, -0.15) is 0 Å². The Kier molecular flexibility index (Phi) is 4.09. The zero-order valence-corrected chi connectivity index (χ0v) is 13.0. The summed E-state index contributed by atoms with van der Waals surface area (Å²) in [6.07, 6.45) is 4.89. The number of hydrogen-bond donors (Lipinski definition) is 1. The molecule has 0 radical (unpaired) electrons. The van der Waals surface area contributed by atoms with Crippen molar-refractivity contribution in [2.24, 2.45) is 5.92 Å². The predicted octanol–water partition coefficient (Wildman–Crippen LogP) is 4.00. The van der Waals surface area contributed by atoms with Gasteiger partial charge in [0, 0.05) is 6.04 Å². The molecule has 1 heterocycles. The third kappa shape index (κ3) is 2.74. The number of nitrogens with one attached hydrogen (secondary N) is 1. The number of rotatable bonds is 1. The number of urea groups is 1. The molecule has 112 valence electrons. The molecular weight excluding hydrogens is 311 g/mol. The first-order valence-corrected chi connectivity index (χ1v) is 7.93. The molecule has 2 atom stereocenters. The van der Waals surface area contributed by atoms with Crippen molar-refractivity contribution in [3.05, 3.63) is 28.2 Å². The van der Waals surface area contributed by atoms with Crippen LogP contribution in [-0.4, -0.2) is 18.0 Å². The maximum Gasteiger partial charge on any atom is 0.328 e. The van der Waals surface area contributed by atoms with E-state index in [1.54, 1.807) is 18.2 Å². The molecule has 2 fully saturated rings. The van der Waals surface area contributed by atoms with E-state index >= 15 is 0 Å². The van der Waals surface area contributed by atoms with E-state index in [-0.39, 0.29) is 23.9 Å². The van der Waals surface area contributed by atoms with Crippen LogP contribution in [0, 0.1) is 5.92 Å². The zero-order chi connectivity index (χ0) is 15.0. The van der Waals surface area contributed by atoms with Gasteiger partial charge in [0.2, 0.25) is 5.91 Å². The number of carbonyl (C=O) groups excluding carboxylic acids is 2. The summed E-state index contributed by atoms with van der Waals surface area (Å²) in [4.78, 5) is 26.2. The maximum atomic E-state index is 12.7. The van der Waals surface area contributed by atoms with Gasteiger partial charge in [-0.1, -0.05) is 42.5 Å². The van der Waals surface area contributed by atoms with E-state index in [9.17, 15) is 9.59 Å². The van der Waals surface area contributed by atoms with Crippen molar-refractivity contribution in [2.45, 2.75) is 38.1 Å². The van der Waals surface area contributed by atoms with Gasteiger partial charge in [0.05, 0.1) is 21.7 Å². The second-order valence-corrected chi connectivity index (χ2v) is 6.39. The van der Waals surface area contributed by atoms with E-state index < -0.39 is 0 Å². The van der Waals surface area contributed by atoms with Crippen LogP contribution in [0.5, 0.6) is 0 Å². The molecule has 3 amide bonds. The molecule has 2 aliphatic rings. The van der Waals surface area contributed by atoms with Gasteiger partial charge in [-0.15, -0.1) is 0 Å². The molecule has 2 unspecified atom stereocenters. The summed E-state index contributed by atoms with van der Waals surface area (Å²) in [7, 11) is 0. The number of anilines is 1. The molecule has 0 aromatic heterocycles. The van der Waals surface area contributed by atoms with Crippen molar-refractivity contribution in [1.29, 1.82) is 0 Å². The number of benzene rings is 1. The number of nitrogens with zero attached hydrogens (tertiary/aromatic N) is 1. The molecule has 3 rings (SSSR count). The van der Waals surface area contributed by atoms with Crippen molar-refractivity contribution in [3.8, 4) is 0 Å². The summed E-state index contributed by atoms with van der Waals surface area (Å²) >= 11 is 11.9. The Labute approximate surface area is 133 Å². The molecule has 1 aromatic carbocycles. The molecule has 1 saturated carbocycles. The Balaban J connectivity index is 1.92. The van der Waals surface area contributed by atoms with Crippen LogP contribution in [0.2, 0.25) is 10.0 Å². The van der Waals surface area contributed by atoms with Gasteiger partial charge in [0.25, 0.3) is 0 Å². The first-order chi connectivity index (χ1) is 10.1. The van der Waals surface area contributed by atoms with Crippen LogP contribution in [0.4, 0.5) is 10.5 Å². The van der Waals surface area contributed by atoms with Gasteiger partial charge in [-0.05, 0) is 31.0 Å². The van der Waals surface area contributed by atoms with Crippen LogP contribution in [0.15, 0.2) is 18.2 Å². The maximum absolute atomic E-state index is 12.7. The molecule has 1 saturated heterocycles. The number of carbonyl (C=O) groups is 2. The van der Waals surface area contributed by atoms with Crippen molar-refractivity contribution in [2.75, 3.05) is 4.90 Å².